The highest BCUT2D eigenvalue weighted by atomic mass is 16.5. The van der Waals surface area contributed by atoms with Crippen LogP contribution < -0.4 is 20.7 Å². The summed E-state index contributed by atoms with van der Waals surface area (Å²) >= 11 is 0. The van der Waals surface area contributed by atoms with Gasteiger partial charge in [0.25, 0.3) is 0 Å². The highest BCUT2D eigenvalue weighted by Crippen LogP contribution is 2.30. The van der Waals surface area contributed by atoms with Crippen molar-refractivity contribution in [3.05, 3.63) is 48.5 Å². The van der Waals surface area contributed by atoms with Crippen molar-refractivity contribution in [1.29, 1.82) is 0 Å². The number of fused-ring (bicyclic) bond motifs is 1. The van der Waals surface area contributed by atoms with Crippen molar-refractivity contribution in [3.63, 3.8) is 0 Å². The lowest BCUT2D eigenvalue weighted by atomic mass is 10.2. The number of hydrogen-bond acceptors (Lipinski definition) is 6. The van der Waals surface area contributed by atoms with Crippen LogP contribution >= 0.6 is 0 Å². The van der Waals surface area contributed by atoms with E-state index >= 15 is 0 Å². The van der Waals surface area contributed by atoms with Gasteiger partial charge in [-0.25, -0.2) is 4.98 Å². The van der Waals surface area contributed by atoms with E-state index in [0.717, 1.165) is 28.2 Å². The van der Waals surface area contributed by atoms with Gasteiger partial charge in [0.1, 0.15) is 11.6 Å². The molecule has 0 fully saturated rings. The van der Waals surface area contributed by atoms with Crippen molar-refractivity contribution < 1.29 is 4.74 Å². The van der Waals surface area contributed by atoms with Gasteiger partial charge in [-0.05, 0) is 36.4 Å². The quantitative estimate of drug-likeness (QED) is 0.726. The zero-order valence-corrected chi connectivity index (χ0v) is 13.9. The van der Waals surface area contributed by atoms with Crippen LogP contribution in [0.3, 0.4) is 0 Å². The fourth-order valence-corrected chi connectivity index (χ4v) is 2.51. The van der Waals surface area contributed by atoms with E-state index in [1.807, 2.05) is 60.5 Å². The zero-order valence-electron chi connectivity index (χ0n) is 13.9. The van der Waals surface area contributed by atoms with Crippen LogP contribution in [-0.4, -0.2) is 37.2 Å². The van der Waals surface area contributed by atoms with Crippen molar-refractivity contribution in [2.75, 3.05) is 37.5 Å². The first-order valence-corrected chi connectivity index (χ1v) is 7.81. The molecule has 1 heterocycles. The molecule has 0 aliphatic rings. The predicted molar refractivity (Wildman–Crippen MR) is 98.1 cm³/mol. The first-order valence-electron chi connectivity index (χ1n) is 7.81. The molecule has 3 aromatic rings. The van der Waals surface area contributed by atoms with Gasteiger partial charge in [0.2, 0.25) is 5.95 Å². The summed E-state index contributed by atoms with van der Waals surface area (Å²) in [6.45, 7) is 1.16. The van der Waals surface area contributed by atoms with Gasteiger partial charge in [0.05, 0.1) is 12.6 Å². The first-order chi connectivity index (χ1) is 11.7. The van der Waals surface area contributed by atoms with Gasteiger partial charge < -0.3 is 20.7 Å². The Labute approximate surface area is 141 Å². The van der Waals surface area contributed by atoms with E-state index in [9.17, 15) is 0 Å². The number of aromatic nitrogens is 2. The first kappa shape index (κ1) is 16.0. The SMILES string of the molecule is COc1ccc(N(C)c2nc(NCCN)nc3ccccc23)cc1. The third kappa shape index (κ3) is 3.23. The van der Waals surface area contributed by atoms with Gasteiger partial charge in [-0.2, -0.15) is 4.98 Å². The van der Waals surface area contributed by atoms with Crippen molar-refractivity contribution in [3.8, 4) is 5.75 Å². The molecule has 0 radical (unpaired) electrons. The molecule has 0 amide bonds. The van der Waals surface area contributed by atoms with Crippen molar-refractivity contribution in [2.45, 2.75) is 0 Å². The van der Waals surface area contributed by atoms with E-state index < -0.39 is 0 Å². The zero-order chi connectivity index (χ0) is 16.9. The Hall–Kier alpha value is -2.86. The van der Waals surface area contributed by atoms with Gasteiger partial charge in [0, 0.05) is 31.2 Å². The molecule has 3 rings (SSSR count). The minimum atomic E-state index is 0.528. The Morgan fingerprint density at radius 2 is 1.83 bits per heavy atom. The molecule has 0 aliphatic heterocycles. The van der Waals surface area contributed by atoms with E-state index in [4.69, 9.17) is 10.5 Å². The van der Waals surface area contributed by atoms with Crippen LogP contribution in [0, 0.1) is 0 Å². The molecule has 0 unspecified atom stereocenters. The molecule has 0 aliphatic carbocycles. The second-order valence-electron chi connectivity index (χ2n) is 5.36. The molecule has 0 saturated heterocycles. The summed E-state index contributed by atoms with van der Waals surface area (Å²) in [5, 5.41) is 4.15. The van der Waals surface area contributed by atoms with Gasteiger partial charge in [0.15, 0.2) is 0 Å². The topological polar surface area (TPSA) is 76.3 Å². The van der Waals surface area contributed by atoms with E-state index in [-0.39, 0.29) is 0 Å². The summed E-state index contributed by atoms with van der Waals surface area (Å²) in [6, 6.07) is 15.8. The molecule has 6 heteroatoms. The fraction of sp³-hybridized carbons (Fsp3) is 0.222. The molecular weight excluding hydrogens is 302 g/mol. The Morgan fingerprint density at radius 3 is 2.54 bits per heavy atom. The third-order valence-electron chi connectivity index (χ3n) is 3.79. The lowest BCUT2D eigenvalue weighted by Crippen LogP contribution is -2.17. The van der Waals surface area contributed by atoms with Crippen LogP contribution in [0.5, 0.6) is 5.75 Å². The normalized spacial score (nSPS) is 10.6. The predicted octanol–water partition coefficient (Wildman–Crippen LogP) is 2.78. The molecular formula is C18H21N5O. The minimum absolute atomic E-state index is 0.528. The number of nitrogens with two attached hydrogens (primary N) is 1. The van der Waals surface area contributed by atoms with E-state index in [2.05, 4.69) is 15.3 Å². The minimum Gasteiger partial charge on any atom is -0.497 e. The third-order valence-corrected chi connectivity index (χ3v) is 3.79. The molecule has 0 bridgehead atoms. The number of benzene rings is 2. The molecule has 2 aromatic carbocycles. The average molecular weight is 323 g/mol. The molecule has 0 atom stereocenters. The van der Waals surface area contributed by atoms with Gasteiger partial charge in [-0.15, -0.1) is 0 Å². The Morgan fingerprint density at radius 1 is 1.08 bits per heavy atom. The second kappa shape index (κ2) is 7.14. The van der Waals surface area contributed by atoms with Crippen molar-refractivity contribution in [2.24, 2.45) is 5.73 Å². The maximum absolute atomic E-state index is 5.56. The Bertz CT molecular complexity index is 819. The number of methoxy groups -OCH3 is 1. The lowest BCUT2D eigenvalue weighted by Gasteiger charge is -2.21. The molecule has 3 N–H and O–H groups in total. The lowest BCUT2D eigenvalue weighted by molar-refractivity contribution is 0.415. The molecule has 6 nitrogen and oxygen atoms in total. The van der Waals surface area contributed by atoms with Crippen LogP contribution in [-0.2, 0) is 0 Å². The summed E-state index contributed by atoms with van der Waals surface area (Å²) in [4.78, 5) is 11.3. The highest BCUT2D eigenvalue weighted by Gasteiger charge is 2.13. The molecule has 124 valence electrons. The number of nitrogens with zero attached hydrogens (tertiary/aromatic N) is 3. The van der Waals surface area contributed by atoms with Crippen LogP contribution in [0.25, 0.3) is 10.9 Å². The Balaban J connectivity index is 2.04. The summed E-state index contributed by atoms with van der Waals surface area (Å²) in [6.07, 6.45) is 0. The van der Waals surface area contributed by atoms with E-state index in [1.54, 1.807) is 7.11 Å². The standard InChI is InChI=1S/C18H21N5O/c1-23(13-7-9-14(24-2)10-8-13)17-15-5-3-4-6-16(15)21-18(22-17)20-12-11-19/h3-10H,11-12,19H2,1-2H3,(H,20,21,22). The fourth-order valence-electron chi connectivity index (χ4n) is 2.51. The monoisotopic (exact) mass is 323 g/mol. The maximum Gasteiger partial charge on any atom is 0.225 e. The molecule has 0 spiro atoms. The number of nitrogens with one attached hydrogen (secondary N) is 1. The van der Waals surface area contributed by atoms with Crippen molar-refractivity contribution in [1.82, 2.24) is 9.97 Å². The Kier molecular flexibility index (Phi) is 4.77. The smallest absolute Gasteiger partial charge is 0.225 e. The number of para-hydroxylation sites is 1. The summed E-state index contributed by atoms with van der Waals surface area (Å²) < 4.78 is 5.22. The van der Waals surface area contributed by atoms with Gasteiger partial charge in [-0.1, -0.05) is 12.1 Å². The number of anilines is 3. The molecule has 24 heavy (non-hydrogen) atoms. The summed E-state index contributed by atoms with van der Waals surface area (Å²) in [5.41, 5.74) is 7.47. The van der Waals surface area contributed by atoms with Crippen LogP contribution in [0.15, 0.2) is 48.5 Å². The summed E-state index contributed by atoms with van der Waals surface area (Å²) in [7, 11) is 3.65. The maximum atomic E-state index is 5.56. The number of rotatable bonds is 6. The summed E-state index contributed by atoms with van der Waals surface area (Å²) in [5.74, 6) is 2.24. The van der Waals surface area contributed by atoms with Gasteiger partial charge >= 0.3 is 0 Å². The number of ether oxygens (including phenoxy) is 1. The van der Waals surface area contributed by atoms with Gasteiger partial charge in [-0.3, -0.25) is 0 Å². The van der Waals surface area contributed by atoms with Crippen molar-refractivity contribution >= 4 is 28.4 Å². The molecule has 0 saturated carbocycles. The van der Waals surface area contributed by atoms with Crippen LogP contribution in [0.2, 0.25) is 0 Å². The highest BCUT2D eigenvalue weighted by molar-refractivity contribution is 5.92. The van der Waals surface area contributed by atoms with E-state index in [1.165, 1.54) is 0 Å². The number of hydrogen-bond donors (Lipinski definition) is 2. The van der Waals surface area contributed by atoms with Crippen LogP contribution in [0.4, 0.5) is 17.5 Å². The van der Waals surface area contributed by atoms with E-state index in [0.29, 0.717) is 19.0 Å². The van der Waals surface area contributed by atoms with Crippen LogP contribution in [0.1, 0.15) is 0 Å². The molecule has 1 aromatic heterocycles. The largest absolute Gasteiger partial charge is 0.497 e. The average Bonchev–Trinajstić information content (AvgIpc) is 2.65. The second-order valence-corrected chi connectivity index (χ2v) is 5.36.